The highest BCUT2D eigenvalue weighted by Gasteiger charge is 2.34. The van der Waals surface area contributed by atoms with E-state index in [1.807, 2.05) is 4.90 Å². The van der Waals surface area contributed by atoms with Crippen molar-refractivity contribution in [3.63, 3.8) is 0 Å². The van der Waals surface area contributed by atoms with Gasteiger partial charge in [-0.2, -0.15) is 13.2 Å². The minimum Gasteiger partial charge on any atom is -0.382 e. The van der Waals surface area contributed by atoms with Gasteiger partial charge in [-0.3, -0.25) is 4.79 Å². The Bertz CT molecular complexity index is 1090. The predicted octanol–water partition coefficient (Wildman–Crippen LogP) is 6.74. The summed E-state index contributed by atoms with van der Waals surface area (Å²) in [6.07, 6.45) is -1.48. The highest BCUT2D eigenvalue weighted by molar-refractivity contribution is 6.31. The summed E-state index contributed by atoms with van der Waals surface area (Å²) in [6.45, 7) is 9.59. The molecule has 2 aliphatic rings. The average molecular weight is 552 g/mol. The van der Waals surface area contributed by atoms with Crippen molar-refractivity contribution in [3.05, 3.63) is 58.6 Å². The van der Waals surface area contributed by atoms with Crippen LogP contribution in [-0.2, 0) is 21.1 Å². The molecule has 1 aliphatic carbocycles. The second-order valence-corrected chi connectivity index (χ2v) is 11.7. The van der Waals surface area contributed by atoms with Gasteiger partial charge in [-0.05, 0) is 67.0 Å². The second-order valence-electron chi connectivity index (χ2n) is 11.3. The zero-order chi connectivity index (χ0) is 27.5. The summed E-state index contributed by atoms with van der Waals surface area (Å²) in [4.78, 5) is 16.9. The van der Waals surface area contributed by atoms with Gasteiger partial charge in [0.1, 0.15) is 6.61 Å². The van der Waals surface area contributed by atoms with Gasteiger partial charge in [0.25, 0.3) is 0 Å². The van der Waals surface area contributed by atoms with Gasteiger partial charge in [-0.15, -0.1) is 0 Å². The lowest BCUT2D eigenvalue weighted by Crippen LogP contribution is -2.50. The van der Waals surface area contributed by atoms with Crippen LogP contribution in [0.1, 0.15) is 57.6 Å². The van der Waals surface area contributed by atoms with Crippen LogP contribution in [0.4, 0.5) is 24.5 Å². The monoisotopic (exact) mass is 551 g/mol. The van der Waals surface area contributed by atoms with Crippen LogP contribution in [0.3, 0.4) is 0 Å². The third-order valence-corrected chi connectivity index (χ3v) is 7.82. The molecular formula is C29H37ClF3N3O2. The van der Waals surface area contributed by atoms with Crippen LogP contribution in [0, 0.1) is 0 Å². The van der Waals surface area contributed by atoms with Gasteiger partial charge >= 0.3 is 6.18 Å². The standard InChI is InChI=1S/C29H37ClF3N3O2/c1-28(2,3)20-4-9-23(10-5-20)35-14-16-36(17-15-35)27(37)19-38-24-11-6-21(7-12-24)34-22-8-13-26(30)25(18-22)29(31,32)33/h4-5,8-10,13,18,21,24,34H,6-7,11-12,14-17,19H2,1-3H3/t21-,24+. The molecule has 0 atom stereocenters. The highest BCUT2D eigenvalue weighted by Crippen LogP contribution is 2.37. The lowest BCUT2D eigenvalue weighted by atomic mass is 9.87. The topological polar surface area (TPSA) is 44.8 Å². The molecule has 1 heterocycles. The first-order valence-corrected chi connectivity index (χ1v) is 13.7. The number of nitrogens with zero attached hydrogens (tertiary/aromatic N) is 2. The molecule has 4 rings (SSSR count). The van der Waals surface area contributed by atoms with Crippen molar-refractivity contribution in [3.8, 4) is 0 Å². The number of alkyl halides is 3. The van der Waals surface area contributed by atoms with Gasteiger partial charge in [-0.1, -0.05) is 44.5 Å². The average Bonchev–Trinajstić information content (AvgIpc) is 2.88. The van der Waals surface area contributed by atoms with Crippen LogP contribution in [0.2, 0.25) is 5.02 Å². The van der Waals surface area contributed by atoms with Crippen LogP contribution in [0.25, 0.3) is 0 Å². The van der Waals surface area contributed by atoms with Gasteiger partial charge < -0.3 is 19.9 Å². The van der Waals surface area contributed by atoms with Crippen molar-refractivity contribution in [1.29, 1.82) is 0 Å². The number of halogens is 4. The molecule has 1 N–H and O–H groups in total. The number of benzene rings is 2. The van der Waals surface area contributed by atoms with Crippen molar-refractivity contribution in [2.45, 2.75) is 70.2 Å². The Kier molecular flexibility index (Phi) is 8.82. The van der Waals surface area contributed by atoms with E-state index >= 15 is 0 Å². The number of piperazine rings is 1. The van der Waals surface area contributed by atoms with Crippen molar-refractivity contribution in [1.82, 2.24) is 4.90 Å². The third-order valence-electron chi connectivity index (χ3n) is 7.49. The third kappa shape index (κ3) is 7.35. The molecular weight excluding hydrogens is 515 g/mol. The molecule has 0 unspecified atom stereocenters. The van der Waals surface area contributed by atoms with E-state index in [0.29, 0.717) is 18.8 Å². The number of anilines is 2. The Morgan fingerprint density at radius 1 is 0.974 bits per heavy atom. The molecule has 1 saturated carbocycles. The number of nitrogens with one attached hydrogen (secondary N) is 1. The number of hydrogen-bond acceptors (Lipinski definition) is 4. The van der Waals surface area contributed by atoms with Gasteiger partial charge in [0.05, 0.1) is 16.7 Å². The van der Waals surface area contributed by atoms with Gasteiger partial charge in [0, 0.05) is 43.6 Å². The molecule has 2 fully saturated rings. The van der Waals surface area contributed by atoms with Crippen LogP contribution < -0.4 is 10.2 Å². The maximum absolute atomic E-state index is 13.1. The first-order valence-electron chi connectivity index (χ1n) is 13.3. The van der Waals surface area contributed by atoms with Gasteiger partial charge in [0.2, 0.25) is 5.91 Å². The van der Waals surface area contributed by atoms with E-state index in [0.717, 1.165) is 44.8 Å². The molecule has 0 bridgehead atoms. The second kappa shape index (κ2) is 11.7. The molecule has 9 heteroatoms. The van der Waals surface area contributed by atoms with Crippen LogP contribution in [0.5, 0.6) is 0 Å². The summed E-state index contributed by atoms with van der Waals surface area (Å²) in [5, 5.41) is 2.89. The molecule has 1 saturated heterocycles. The lowest BCUT2D eigenvalue weighted by Gasteiger charge is -2.37. The first kappa shape index (κ1) is 28.6. The minimum atomic E-state index is -4.49. The zero-order valence-electron chi connectivity index (χ0n) is 22.3. The Balaban J connectivity index is 1.17. The van der Waals surface area contributed by atoms with E-state index < -0.39 is 11.7 Å². The molecule has 2 aromatic rings. The lowest BCUT2D eigenvalue weighted by molar-refractivity contribution is -0.139. The van der Waals surface area contributed by atoms with Crippen LogP contribution in [-0.4, -0.2) is 55.7 Å². The van der Waals surface area contributed by atoms with Gasteiger partial charge in [0.15, 0.2) is 0 Å². The van der Waals surface area contributed by atoms with Crippen molar-refractivity contribution in [2.75, 3.05) is 43.0 Å². The summed E-state index contributed by atoms with van der Waals surface area (Å²) < 4.78 is 45.3. The SMILES string of the molecule is CC(C)(C)c1ccc(N2CCN(C(=O)CO[C@H]3CC[C@@H](Nc4ccc(Cl)c(C(F)(F)F)c4)CC3)CC2)cc1. The van der Waals surface area contributed by atoms with E-state index in [1.54, 1.807) is 6.07 Å². The number of carbonyl (C=O) groups excluding carboxylic acids is 1. The van der Waals surface area contributed by atoms with Crippen LogP contribution >= 0.6 is 11.6 Å². The summed E-state index contributed by atoms with van der Waals surface area (Å²) in [7, 11) is 0. The summed E-state index contributed by atoms with van der Waals surface area (Å²) in [6, 6.07) is 12.6. The van der Waals surface area contributed by atoms with Gasteiger partial charge in [-0.25, -0.2) is 0 Å². The minimum absolute atomic E-state index is 0.00817. The number of carbonyl (C=O) groups is 1. The molecule has 1 aliphatic heterocycles. The zero-order valence-corrected chi connectivity index (χ0v) is 23.0. The van der Waals surface area contributed by atoms with Crippen molar-refractivity contribution < 1.29 is 22.7 Å². The molecule has 0 radical (unpaired) electrons. The summed E-state index contributed by atoms with van der Waals surface area (Å²) in [5.74, 6) is 0.00817. The molecule has 0 aromatic heterocycles. The fourth-order valence-corrected chi connectivity index (χ4v) is 5.33. The van der Waals surface area contributed by atoms with E-state index in [9.17, 15) is 18.0 Å². The number of amides is 1. The molecule has 0 spiro atoms. The Morgan fingerprint density at radius 2 is 1.61 bits per heavy atom. The molecule has 2 aromatic carbocycles. The molecule has 208 valence electrons. The van der Waals surface area contributed by atoms with E-state index in [-0.39, 0.29) is 35.1 Å². The quantitative estimate of drug-likeness (QED) is 0.431. The molecule has 38 heavy (non-hydrogen) atoms. The predicted molar refractivity (Wildman–Crippen MR) is 146 cm³/mol. The Hall–Kier alpha value is -2.45. The Labute approximate surface area is 228 Å². The fraction of sp³-hybridized carbons (Fsp3) is 0.552. The van der Waals surface area contributed by atoms with E-state index in [1.165, 1.54) is 17.3 Å². The van der Waals surface area contributed by atoms with Crippen molar-refractivity contribution in [2.24, 2.45) is 0 Å². The fourth-order valence-electron chi connectivity index (χ4n) is 5.11. The van der Waals surface area contributed by atoms with Crippen molar-refractivity contribution >= 4 is 28.9 Å². The normalized spacial score (nSPS) is 20.9. The summed E-state index contributed by atoms with van der Waals surface area (Å²) in [5.41, 5.74) is 2.18. The van der Waals surface area contributed by atoms with E-state index in [4.69, 9.17) is 16.3 Å². The maximum atomic E-state index is 13.1. The summed E-state index contributed by atoms with van der Waals surface area (Å²) >= 11 is 5.72. The smallest absolute Gasteiger partial charge is 0.382 e. The van der Waals surface area contributed by atoms with E-state index in [2.05, 4.69) is 55.3 Å². The largest absolute Gasteiger partial charge is 0.417 e. The molecule has 1 amide bonds. The van der Waals surface area contributed by atoms with Crippen LogP contribution in [0.15, 0.2) is 42.5 Å². The number of hydrogen-bond donors (Lipinski definition) is 1. The molecule has 5 nitrogen and oxygen atoms in total. The number of rotatable bonds is 6. The Morgan fingerprint density at radius 3 is 2.18 bits per heavy atom. The highest BCUT2D eigenvalue weighted by atomic mass is 35.5. The number of ether oxygens (including phenoxy) is 1. The maximum Gasteiger partial charge on any atom is 0.417 e. The first-order chi connectivity index (χ1) is 17.9.